The van der Waals surface area contributed by atoms with Crippen LogP contribution in [0.2, 0.25) is 0 Å². The molecule has 5 heteroatoms. The molecule has 0 bridgehead atoms. The van der Waals surface area contributed by atoms with Crippen molar-refractivity contribution in [3.8, 4) is 0 Å². The largest absolute Gasteiger partial charge is 0.375 e. The Morgan fingerprint density at radius 3 is 2.21 bits per heavy atom. The maximum atomic E-state index is 10.4. The van der Waals surface area contributed by atoms with Gasteiger partial charge in [-0.25, -0.2) is 4.98 Å². The summed E-state index contributed by atoms with van der Waals surface area (Å²) in [6.45, 7) is 0. The Bertz CT molecular complexity index is 646. The van der Waals surface area contributed by atoms with Crippen LogP contribution in [0, 0.1) is 0 Å². The summed E-state index contributed by atoms with van der Waals surface area (Å²) in [4.78, 5) is 14.5. The van der Waals surface area contributed by atoms with Gasteiger partial charge in [0.2, 0.25) is 5.91 Å². The number of carbonyl (C=O) groups excluding carboxylic acids is 1. The summed E-state index contributed by atoms with van der Waals surface area (Å²) in [5.74, 6) is -0.379. The number of para-hydroxylation sites is 1. The number of thiazole rings is 1. The molecule has 4 N–H and O–H groups in total. The van der Waals surface area contributed by atoms with Crippen molar-refractivity contribution in [2.45, 2.75) is 0 Å². The molecule has 0 radical (unpaired) electrons. The molecule has 4 nitrogen and oxygen atoms in total. The van der Waals surface area contributed by atoms with Crippen LogP contribution in [0.15, 0.2) is 54.6 Å². The molecule has 0 spiro atoms. The molecule has 0 aliphatic carbocycles. The molecule has 2 aromatic carbocycles. The van der Waals surface area contributed by atoms with Crippen molar-refractivity contribution in [3.05, 3.63) is 60.2 Å². The van der Waals surface area contributed by atoms with Crippen LogP contribution in [0.4, 0.5) is 5.13 Å². The molecule has 96 valence electrons. The predicted molar refractivity (Wildman–Crippen MR) is 79.0 cm³/mol. The summed E-state index contributed by atoms with van der Waals surface area (Å²) in [5, 5.41) is 0.640. The van der Waals surface area contributed by atoms with E-state index in [1.54, 1.807) is 24.3 Å². The fourth-order valence-corrected chi connectivity index (χ4v) is 2.23. The van der Waals surface area contributed by atoms with Crippen LogP contribution < -0.4 is 11.5 Å². The van der Waals surface area contributed by atoms with E-state index in [0.29, 0.717) is 10.7 Å². The van der Waals surface area contributed by atoms with E-state index in [0.717, 1.165) is 10.2 Å². The molecule has 0 saturated carbocycles. The van der Waals surface area contributed by atoms with Crippen LogP contribution in [0.1, 0.15) is 10.4 Å². The lowest BCUT2D eigenvalue weighted by atomic mass is 10.2. The monoisotopic (exact) mass is 271 g/mol. The summed E-state index contributed by atoms with van der Waals surface area (Å²) in [6, 6.07) is 16.7. The minimum atomic E-state index is -0.379. The number of nitrogens with zero attached hydrogens (tertiary/aromatic N) is 1. The Morgan fingerprint density at radius 1 is 1.00 bits per heavy atom. The van der Waals surface area contributed by atoms with E-state index in [1.807, 2.05) is 30.3 Å². The summed E-state index contributed by atoms with van der Waals surface area (Å²) in [7, 11) is 0. The van der Waals surface area contributed by atoms with Crippen LogP contribution in [-0.4, -0.2) is 10.9 Å². The first-order valence-corrected chi connectivity index (χ1v) is 6.44. The topological polar surface area (TPSA) is 82.0 Å². The number of primary amides is 1. The summed E-state index contributed by atoms with van der Waals surface area (Å²) in [6.07, 6.45) is 0. The number of rotatable bonds is 1. The van der Waals surface area contributed by atoms with Crippen molar-refractivity contribution < 1.29 is 4.79 Å². The highest BCUT2D eigenvalue weighted by molar-refractivity contribution is 7.22. The third-order valence-corrected chi connectivity index (χ3v) is 3.23. The Hall–Kier alpha value is -2.40. The highest BCUT2D eigenvalue weighted by atomic mass is 32.1. The van der Waals surface area contributed by atoms with Gasteiger partial charge in [0.05, 0.1) is 10.2 Å². The van der Waals surface area contributed by atoms with Crippen LogP contribution in [-0.2, 0) is 0 Å². The highest BCUT2D eigenvalue weighted by Gasteiger charge is 1.96. The van der Waals surface area contributed by atoms with Gasteiger partial charge in [0.1, 0.15) is 0 Å². The summed E-state index contributed by atoms with van der Waals surface area (Å²) < 4.78 is 1.15. The number of nitrogens with two attached hydrogens (primary N) is 2. The van der Waals surface area contributed by atoms with Gasteiger partial charge in [-0.05, 0) is 24.3 Å². The van der Waals surface area contributed by atoms with Crippen molar-refractivity contribution in [1.82, 2.24) is 4.98 Å². The number of fused-ring (bicyclic) bond motifs is 1. The SMILES string of the molecule is NC(=O)c1ccccc1.Nc1nc2ccccc2s1. The summed E-state index contributed by atoms with van der Waals surface area (Å²) >= 11 is 1.52. The molecule has 0 saturated heterocycles. The maximum Gasteiger partial charge on any atom is 0.248 e. The lowest BCUT2D eigenvalue weighted by molar-refractivity contribution is 0.100. The van der Waals surface area contributed by atoms with E-state index in [1.165, 1.54) is 11.3 Å². The Labute approximate surface area is 114 Å². The smallest absolute Gasteiger partial charge is 0.248 e. The lowest BCUT2D eigenvalue weighted by Crippen LogP contribution is -2.09. The number of amides is 1. The molecule has 0 atom stereocenters. The first kappa shape index (κ1) is 13.0. The van der Waals surface area contributed by atoms with Crippen LogP contribution >= 0.6 is 11.3 Å². The molecule has 1 aromatic heterocycles. The number of anilines is 1. The molecule has 1 heterocycles. The molecule has 3 rings (SSSR count). The van der Waals surface area contributed by atoms with Gasteiger partial charge in [-0.15, -0.1) is 0 Å². The van der Waals surface area contributed by atoms with E-state index < -0.39 is 0 Å². The van der Waals surface area contributed by atoms with E-state index in [-0.39, 0.29) is 5.91 Å². The van der Waals surface area contributed by atoms with E-state index in [2.05, 4.69) is 4.98 Å². The molecule has 19 heavy (non-hydrogen) atoms. The highest BCUT2D eigenvalue weighted by Crippen LogP contribution is 2.22. The number of aromatic nitrogens is 1. The molecule has 0 fully saturated rings. The van der Waals surface area contributed by atoms with E-state index in [9.17, 15) is 4.79 Å². The van der Waals surface area contributed by atoms with Crippen LogP contribution in [0.5, 0.6) is 0 Å². The molecule has 0 aliphatic rings. The van der Waals surface area contributed by atoms with Crippen molar-refractivity contribution in [2.75, 3.05) is 5.73 Å². The average Bonchev–Trinajstić information content (AvgIpc) is 2.80. The quantitative estimate of drug-likeness (QED) is 0.713. The maximum absolute atomic E-state index is 10.4. The Morgan fingerprint density at radius 2 is 1.63 bits per heavy atom. The Balaban J connectivity index is 0.000000141. The second-order valence-corrected chi connectivity index (χ2v) is 4.81. The molecule has 1 amide bonds. The third-order valence-electron chi connectivity index (χ3n) is 2.37. The second-order valence-electron chi connectivity index (χ2n) is 3.75. The second kappa shape index (κ2) is 5.97. The van der Waals surface area contributed by atoms with Gasteiger partial charge in [0.25, 0.3) is 0 Å². The van der Waals surface area contributed by atoms with Crippen LogP contribution in [0.3, 0.4) is 0 Å². The number of benzene rings is 2. The number of hydrogen-bond acceptors (Lipinski definition) is 4. The lowest BCUT2D eigenvalue weighted by Gasteiger charge is -1.89. The molecule has 0 unspecified atom stereocenters. The number of carbonyl (C=O) groups is 1. The molecule has 0 aliphatic heterocycles. The normalized spacial score (nSPS) is 9.68. The average molecular weight is 271 g/mol. The first-order valence-electron chi connectivity index (χ1n) is 5.62. The third kappa shape index (κ3) is 3.53. The zero-order chi connectivity index (χ0) is 13.7. The van der Waals surface area contributed by atoms with Gasteiger partial charge in [-0.1, -0.05) is 41.7 Å². The van der Waals surface area contributed by atoms with Gasteiger partial charge in [-0.3, -0.25) is 4.79 Å². The zero-order valence-electron chi connectivity index (χ0n) is 10.1. The predicted octanol–water partition coefficient (Wildman–Crippen LogP) is 2.66. The molecular formula is C14H13N3OS. The van der Waals surface area contributed by atoms with Crippen molar-refractivity contribution in [3.63, 3.8) is 0 Å². The van der Waals surface area contributed by atoms with Crippen molar-refractivity contribution in [1.29, 1.82) is 0 Å². The van der Waals surface area contributed by atoms with Crippen LogP contribution in [0.25, 0.3) is 10.2 Å². The first-order chi connectivity index (χ1) is 9.16. The van der Waals surface area contributed by atoms with Crippen molar-refractivity contribution in [2.24, 2.45) is 5.73 Å². The minimum Gasteiger partial charge on any atom is -0.375 e. The van der Waals surface area contributed by atoms with E-state index >= 15 is 0 Å². The molecular weight excluding hydrogens is 258 g/mol. The molecule has 3 aromatic rings. The summed E-state index contributed by atoms with van der Waals surface area (Å²) in [5.41, 5.74) is 12.0. The van der Waals surface area contributed by atoms with Crippen molar-refractivity contribution >= 4 is 32.6 Å². The fourth-order valence-electron chi connectivity index (χ4n) is 1.49. The Kier molecular flexibility index (Phi) is 4.10. The van der Waals surface area contributed by atoms with E-state index in [4.69, 9.17) is 11.5 Å². The van der Waals surface area contributed by atoms with Gasteiger partial charge in [-0.2, -0.15) is 0 Å². The van der Waals surface area contributed by atoms with Gasteiger partial charge < -0.3 is 11.5 Å². The standard InChI is InChI=1S/C7H6N2S.C7H7NO/c8-7-9-5-3-1-2-4-6(5)10-7;8-7(9)6-4-2-1-3-5-6/h1-4H,(H2,8,9);1-5H,(H2,8,9). The fraction of sp³-hybridized carbons (Fsp3) is 0. The minimum absolute atomic E-state index is 0.379. The zero-order valence-corrected chi connectivity index (χ0v) is 10.9. The van der Waals surface area contributed by atoms with Gasteiger partial charge >= 0.3 is 0 Å². The van der Waals surface area contributed by atoms with Gasteiger partial charge in [0.15, 0.2) is 5.13 Å². The van der Waals surface area contributed by atoms with Gasteiger partial charge in [0, 0.05) is 5.56 Å². The number of hydrogen-bond donors (Lipinski definition) is 2. The number of nitrogen functional groups attached to an aromatic ring is 1.